The molecule has 1 heteroatoms. The molecule has 1 nitrogen and oxygen atoms in total. The van der Waals surface area contributed by atoms with Crippen molar-refractivity contribution < 1.29 is 4.79 Å². The highest BCUT2D eigenvalue weighted by Crippen LogP contribution is 2.70. The van der Waals surface area contributed by atoms with Gasteiger partial charge in [-0.15, -0.1) is 0 Å². The summed E-state index contributed by atoms with van der Waals surface area (Å²) in [6.45, 7) is 9.17. The molecule has 0 aliphatic heterocycles. The maximum atomic E-state index is 12.2. The Morgan fingerprint density at radius 1 is 1.38 bits per heavy atom. The lowest BCUT2D eigenvalue weighted by Crippen LogP contribution is -2.66. The monoisotopic (exact) mass is 218 g/mol. The molecule has 88 valence electrons. The first-order valence-electron chi connectivity index (χ1n) is 6.69. The van der Waals surface area contributed by atoms with Gasteiger partial charge in [0.15, 0.2) is 5.78 Å². The van der Waals surface area contributed by atoms with E-state index in [-0.39, 0.29) is 0 Å². The molecule has 0 N–H and O–H groups in total. The van der Waals surface area contributed by atoms with E-state index in [2.05, 4.69) is 27.7 Å². The SMILES string of the molecule is CC1=CC(=O)C2C3C1C2(C)CC[C@H]3C(C)C. The van der Waals surface area contributed by atoms with Crippen molar-refractivity contribution in [3.05, 3.63) is 11.6 Å². The van der Waals surface area contributed by atoms with Gasteiger partial charge in [-0.3, -0.25) is 4.79 Å². The number of rotatable bonds is 1. The summed E-state index contributed by atoms with van der Waals surface area (Å²) in [6, 6.07) is 0. The third-order valence-electron chi connectivity index (χ3n) is 5.72. The predicted octanol–water partition coefficient (Wildman–Crippen LogP) is 3.45. The van der Waals surface area contributed by atoms with Crippen molar-refractivity contribution in [1.82, 2.24) is 0 Å². The molecule has 0 spiro atoms. The molecule has 2 saturated carbocycles. The average molecular weight is 218 g/mol. The molecule has 0 radical (unpaired) electrons. The molecule has 0 aromatic heterocycles. The summed E-state index contributed by atoms with van der Waals surface area (Å²) in [6.07, 6.45) is 4.53. The quantitative estimate of drug-likeness (QED) is 0.659. The van der Waals surface area contributed by atoms with Crippen LogP contribution in [-0.2, 0) is 4.79 Å². The molecular formula is C15H22O. The van der Waals surface area contributed by atoms with Gasteiger partial charge in [0.1, 0.15) is 0 Å². The molecular weight excluding hydrogens is 196 g/mol. The molecule has 2 fully saturated rings. The summed E-state index contributed by atoms with van der Waals surface area (Å²) in [5.74, 6) is 3.70. The highest BCUT2D eigenvalue weighted by atomic mass is 16.1. The molecule has 4 unspecified atom stereocenters. The summed E-state index contributed by atoms with van der Waals surface area (Å²) in [5.41, 5.74) is 1.69. The summed E-state index contributed by atoms with van der Waals surface area (Å²) in [4.78, 5) is 12.2. The number of allylic oxidation sites excluding steroid dienone is 2. The van der Waals surface area contributed by atoms with E-state index in [1.807, 2.05) is 6.08 Å². The van der Waals surface area contributed by atoms with Gasteiger partial charge in [-0.25, -0.2) is 0 Å². The normalized spacial score (nSPS) is 50.1. The van der Waals surface area contributed by atoms with Crippen LogP contribution in [0.1, 0.15) is 40.5 Å². The van der Waals surface area contributed by atoms with Crippen LogP contribution in [0.15, 0.2) is 11.6 Å². The van der Waals surface area contributed by atoms with Gasteiger partial charge in [0, 0.05) is 5.92 Å². The third kappa shape index (κ3) is 1.00. The highest BCUT2D eigenvalue weighted by molar-refractivity contribution is 5.96. The number of ketones is 1. The van der Waals surface area contributed by atoms with Gasteiger partial charge in [0.2, 0.25) is 0 Å². The molecule has 5 atom stereocenters. The minimum atomic E-state index is 0.325. The zero-order valence-electron chi connectivity index (χ0n) is 10.8. The lowest BCUT2D eigenvalue weighted by molar-refractivity contribution is -0.186. The van der Waals surface area contributed by atoms with Crippen LogP contribution in [0, 0.1) is 35.0 Å². The maximum Gasteiger partial charge on any atom is 0.159 e. The first-order valence-corrected chi connectivity index (χ1v) is 6.69. The second-order valence-corrected chi connectivity index (χ2v) is 6.78. The van der Waals surface area contributed by atoms with Crippen LogP contribution in [0.5, 0.6) is 0 Å². The van der Waals surface area contributed by atoms with Crippen LogP contribution < -0.4 is 0 Å². The summed E-state index contributed by atoms with van der Waals surface area (Å²) in [5, 5.41) is 0. The molecule has 0 aromatic rings. The maximum absolute atomic E-state index is 12.2. The fourth-order valence-corrected chi connectivity index (χ4v) is 5.14. The van der Waals surface area contributed by atoms with Crippen LogP contribution in [0.2, 0.25) is 0 Å². The van der Waals surface area contributed by atoms with Crippen LogP contribution in [0.4, 0.5) is 0 Å². The van der Waals surface area contributed by atoms with E-state index in [1.54, 1.807) is 0 Å². The molecule has 0 aromatic carbocycles. The van der Waals surface area contributed by atoms with Gasteiger partial charge in [-0.2, -0.15) is 0 Å². The minimum absolute atomic E-state index is 0.325. The van der Waals surface area contributed by atoms with E-state index < -0.39 is 0 Å². The Kier molecular flexibility index (Phi) is 1.98. The molecule has 4 bridgehead atoms. The van der Waals surface area contributed by atoms with E-state index >= 15 is 0 Å². The topological polar surface area (TPSA) is 17.1 Å². The van der Waals surface area contributed by atoms with Gasteiger partial charge in [0.05, 0.1) is 0 Å². The van der Waals surface area contributed by atoms with Crippen molar-refractivity contribution in [3.8, 4) is 0 Å². The van der Waals surface area contributed by atoms with Crippen molar-refractivity contribution in [2.24, 2.45) is 35.0 Å². The number of carbonyl (C=O) groups excluding carboxylic acids is 1. The van der Waals surface area contributed by atoms with E-state index in [1.165, 1.54) is 18.4 Å². The smallest absolute Gasteiger partial charge is 0.159 e. The molecule has 4 aliphatic carbocycles. The van der Waals surface area contributed by atoms with Gasteiger partial charge < -0.3 is 0 Å². The van der Waals surface area contributed by atoms with E-state index in [4.69, 9.17) is 0 Å². The zero-order valence-corrected chi connectivity index (χ0v) is 10.8. The van der Waals surface area contributed by atoms with Crippen molar-refractivity contribution in [3.63, 3.8) is 0 Å². The van der Waals surface area contributed by atoms with Gasteiger partial charge in [0.25, 0.3) is 0 Å². The van der Waals surface area contributed by atoms with Crippen LogP contribution in [-0.4, -0.2) is 5.78 Å². The molecule has 0 amide bonds. The van der Waals surface area contributed by atoms with Crippen LogP contribution >= 0.6 is 0 Å². The number of hydrogen-bond donors (Lipinski definition) is 0. The second-order valence-electron chi connectivity index (χ2n) is 6.78. The zero-order chi connectivity index (χ0) is 11.7. The Morgan fingerprint density at radius 3 is 2.62 bits per heavy atom. The van der Waals surface area contributed by atoms with Gasteiger partial charge in [-0.1, -0.05) is 26.3 Å². The van der Waals surface area contributed by atoms with Crippen LogP contribution in [0.3, 0.4) is 0 Å². The summed E-state index contributed by atoms with van der Waals surface area (Å²) in [7, 11) is 0. The van der Waals surface area contributed by atoms with Crippen molar-refractivity contribution in [1.29, 1.82) is 0 Å². The van der Waals surface area contributed by atoms with Crippen molar-refractivity contribution in [2.45, 2.75) is 40.5 Å². The fourth-order valence-electron chi connectivity index (χ4n) is 5.14. The Balaban J connectivity index is 2.02. The highest BCUT2D eigenvalue weighted by Gasteiger charge is 2.68. The van der Waals surface area contributed by atoms with Crippen molar-refractivity contribution in [2.75, 3.05) is 0 Å². The summed E-state index contributed by atoms with van der Waals surface area (Å²) >= 11 is 0. The molecule has 0 saturated heterocycles. The number of fused-ring (bicyclic) bond motifs is 1. The first-order chi connectivity index (χ1) is 7.47. The molecule has 4 rings (SSSR count). The van der Waals surface area contributed by atoms with E-state index in [0.29, 0.717) is 23.0 Å². The lowest BCUT2D eigenvalue weighted by atomic mass is 9.34. The Morgan fingerprint density at radius 2 is 2.06 bits per heavy atom. The number of carbonyl (C=O) groups is 1. The van der Waals surface area contributed by atoms with Crippen LogP contribution in [0.25, 0.3) is 0 Å². The molecule has 4 aliphatic rings. The molecule has 0 heterocycles. The largest absolute Gasteiger partial charge is 0.295 e. The number of hydrogen-bond acceptors (Lipinski definition) is 1. The minimum Gasteiger partial charge on any atom is -0.295 e. The average Bonchev–Trinajstić information content (AvgIpc) is 2.15. The fraction of sp³-hybridized carbons (Fsp3) is 0.800. The lowest BCUT2D eigenvalue weighted by Gasteiger charge is -2.69. The third-order valence-corrected chi connectivity index (χ3v) is 5.72. The standard InChI is InChI=1S/C15H22O/c1-8(2)10-5-6-15(4)13-9(3)7-11(16)14(15)12(10)13/h7-8,10,12-14H,5-6H2,1-4H3/t10-,12?,13?,14?,15?/m0/s1. The van der Waals surface area contributed by atoms with Crippen molar-refractivity contribution >= 4 is 5.78 Å². The first kappa shape index (κ1) is 10.6. The van der Waals surface area contributed by atoms with E-state index in [9.17, 15) is 4.79 Å². The second kappa shape index (κ2) is 3.00. The molecule has 16 heavy (non-hydrogen) atoms. The summed E-state index contributed by atoms with van der Waals surface area (Å²) < 4.78 is 0. The van der Waals surface area contributed by atoms with Gasteiger partial charge in [-0.05, 0) is 54.9 Å². The Hall–Kier alpha value is -0.590. The van der Waals surface area contributed by atoms with Gasteiger partial charge >= 0.3 is 0 Å². The van der Waals surface area contributed by atoms with E-state index in [0.717, 1.165) is 17.8 Å². The Labute approximate surface area is 98.3 Å². The Bertz CT molecular complexity index is 379. The predicted molar refractivity (Wildman–Crippen MR) is 64.9 cm³/mol.